The zero-order valence-corrected chi connectivity index (χ0v) is 16.8. The van der Waals surface area contributed by atoms with E-state index in [0.717, 1.165) is 23.7 Å². The topological polar surface area (TPSA) is 52.6 Å². The Morgan fingerprint density at radius 1 is 1.04 bits per heavy atom. The monoisotopic (exact) mass is 358 g/mol. The van der Waals surface area contributed by atoms with Crippen LogP contribution in [-0.2, 0) is 18.7 Å². The van der Waals surface area contributed by atoms with E-state index in [9.17, 15) is 8.42 Å². The first-order chi connectivity index (χ1) is 10.8. The number of hydrogen-bond donors (Lipinski definition) is 0. The Hall–Kier alpha value is -0.693. The number of aryl methyl sites for hydroxylation is 1. The van der Waals surface area contributed by atoms with Crippen molar-refractivity contribution < 1.29 is 17.0 Å². The van der Waals surface area contributed by atoms with Crippen LogP contribution in [0.1, 0.15) is 39.7 Å². The van der Waals surface area contributed by atoms with Gasteiger partial charge in [0.25, 0.3) is 10.1 Å². The van der Waals surface area contributed by atoms with Crippen LogP contribution in [0.5, 0.6) is 0 Å². The second-order valence-electron chi connectivity index (χ2n) is 6.05. The molecule has 0 saturated heterocycles. The van der Waals surface area contributed by atoms with Crippen molar-refractivity contribution in [3.05, 3.63) is 29.8 Å². The molecule has 0 aliphatic rings. The van der Waals surface area contributed by atoms with Crippen molar-refractivity contribution in [1.82, 2.24) is 0 Å². The Balaban J connectivity index is 2.54. The second-order valence-corrected chi connectivity index (χ2v) is 12.4. The lowest BCUT2D eigenvalue weighted by atomic mass is 10.2. The molecule has 1 aromatic rings. The van der Waals surface area contributed by atoms with E-state index in [2.05, 4.69) is 20.8 Å². The summed E-state index contributed by atoms with van der Waals surface area (Å²) in [4.78, 5) is 0.205. The first-order valence-corrected chi connectivity index (χ1v) is 12.4. The Morgan fingerprint density at radius 2 is 1.57 bits per heavy atom. The van der Waals surface area contributed by atoms with Crippen molar-refractivity contribution in [3.8, 4) is 0 Å². The number of rotatable bonds is 10. The fraction of sp³-hybridized carbons (Fsp3) is 0.647. The van der Waals surface area contributed by atoms with Crippen LogP contribution in [0.15, 0.2) is 29.2 Å². The van der Waals surface area contributed by atoms with Gasteiger partial charge in [-0.3, -0.25) is 4.18 Å². The Kier molecular flexibility index (Phi) is 7.93. The third-order valence-corrected chi connectivity index (χ3v) is 10.6. The predicted molar refractivity (Wildman–Crippen MR) is 96.7 cm³/mol. The smallest absolute Gasteiger partial charge is 0.296 e. The standard InChI is InChI=1S/C17H30O4SSi/c1-6-23(7-2,8-3)21-16(5)13-14-20-22(18,19)17-11-9-15(4)10-12-17/h9-12,16H,6-8,13-14H2,1-5H3. The summed E-state index contributed by atoms with van der Waals surface area (Å²) in [7, 11) is -5.33. The van der Waals surface area contributed by atoms with E-state index in [4.69, 9.17) is 8.61 Å². The maximum Gasteiger partial charge on any atom is 0.296 e. The third kappa shape index (κ3) is 6.03. The molecule has 0 bridgehead atoms. The molecule has 0 radical (unpaired) electrons. The molecule has 23 heavy (non-hydrogen) atoms. The van der Waals surface area contributed by atoms with Crippen LogP contribution in [-0.4, -0.2) is 29.4 Å². The van der Waals surface area contributed by atoms with Gasteiger partial charge in [0.2, 0.25) is 0 Å². The van der Waals surface area contributed by atoms with Gasteiger partial charge < -0.3 is 4.43 Å². The number of benzene rings is 1. The van der Waals surface area contributed by atoms with Gasteiger partial charge in [0.15, 0.2) is 8.32 Å². The van der Waals surface area contributed by atoms with Gasteiger partial charge in [-0.05, 0) is 50.5 Å². The fourth-order valence-corrected chi connectivity index (χ4v) is 6.48. The van der Waals surface area contributed by atoms with Crippen molar-refractivity contribution in [2.24, 2.45) is 0 Å². The zero-order chi connectivity index (χ0) is 17.5. The van der Waals surface area contributed by atoms with Crippen LogP contribution >= 0.6 is 0 Å². The zero-order valence-electron chi connectivity index (χ0n) is 15.0. The van der Waals surface area contributed by atoms with E-state index >= 15 is 0 Å². The van der Waals surface area contributed by atoms with E-state index < -0.39 is 18.4 Å². The summed E-state index contributed by atoms with van der Waals surface area (Å²) in [6.45, 7) is 10.6. The molecule has 0 saturated carbocycles. The van der Waals surface area contributed by atoms with E-state index in [1.807, 2.05) is 13.8 Å². The quantitative estimate of drug-likeness (QED) is 0.456. The van der Waals surface area contributed by atoms with Crippen molar-refractivity contribution in [2.75, 3.05) is 6.61 Å². The van der Waals surface area contributed by atoms with Gasteiger partial charge in [-0.1, -0.05) is 38.5 Å². The maximum atomic E-state index is 12.1. The SMILES string of the molecule is CC[Si](CC)(CC)OC(C)CCOS(=O)(=O)c1ccc(C)cc1. The van der Waals surface area contributed by atoms with E-state index in [-0.39, 0.29) is 17.6 Å². The summed E-state index contributed by atoms with van der Waals surface area (Å²) < 4.78 is 35.7. The largest absolute Gasteiger partial charge is 0.414 e. The fourth-order valence-electron chi connectivity index (χ4n) is 2.58. The Morgan fingerprint density at radius 3 is 2.04 bits per heavy atom. The molecule has 1 atom stereocenters. The molecule has 1 rings (SSSR count). The highest BCUT2D eigenvalue weighted by Crippen LogP contribution is 2.24. The van der Waals surface area contributed by atoms with Gasteiger partial charge in [0, 0.05) is 6.10 Å². The molecule has 132 valence electrons. The molecule has 0 heterocycles. The van der Waals surface area contributed by atoms with Crippen LogP contribution in [0.2, 0.25) is 18.1 Å². The van der Waals surface area contributed by atoms with Crippen LogP contribution in [0.3, 0.4) is 0 Å². The van der Waals surface area contributed by atoms with Gasteiger partial charge in [-0.25, -0.2) is 0 Å². The number of hydrogen-bond acceptors (Lipinski definition) is 4. The molecule has 0 amide bonds. The molecule has 0 aromatic heterocycles. The molecule has 0 aliphatic carbocycles. The first kappa shape index (κ1) is 20.4. The van der Waals surface area contributed by atoms with Crippen molar-refractivity contribution in [3.63, 3.8) is 0 Å². The van der Waals surface area contributed by atoms with Crippen LogP contribution < -0.4 is 0 Å². The van der Waals surface area contributed by atoms with Crippen molar-refractivity contribution in [1.29, 1.82) is 0 Å². The highest BCUT2D eigenvalue weighted by atomic mass is 32.2. The van der Waals surface area contributed by atoms with Crippen molar-refractivity contribution >= 4 is 18.4 Å². The summed E-state index contributed by atoms with van der Waals surface area (Å²) in [5.74, 6) is 0. The lowest BCUT2D eigenvalue weighted by molar-refractivity contribution is 0.167. The van der Waals surface area contributed by atoms with Gasteiger partial charge in [0.05, 0.1) is 11.5 Å². The van der Waals surface area contributed by atoms with Crippen molar-refractivity contribution in [2.45, 2.75) is 70.2 Å². The van der Waals surface area contributed by atoms with Crippen LogP contribution in [0.25, 0.3) is 0 Å². The second kappa shape index (κ2) is 8.96. The molecular formula is C17H30O4SSi. The third-order valence-electron chi connectivity index (χ3n) is 4.46. The van der Waals surface area contributed by atoms with Gasteiger partial charge in [-0.15, -0.1) is 0 Å². The highest BCUT2D eigenvalue weighted by Gasteiger charge is 2.30. The van der Waals surface area contributed by atoms with Crippen LogP contribution in [0.4, 0.5) is 0 Å². The van der Waals surface area contributed by atoms with E-state index in [1.54, 1.807) is 24.3 Å². The molecule has 6 heteroatoms. The summed E-state index contributed by atoms with van der Waals surface area (Å²) in [5, 5.41) is 0. The molecule has 1 aromatic carbocycles. The molecular weight excluding hydrogens is 328 g/mol. The molecule has 1 unspecified atom stereocenters. The average Bonchev–Trinajstić information content (AvgIpc) is 2.53. The first-order valence-electron chi connectivity index (χ1n) is 8.42. The summed E-state index contributed by atoms with van der Waals surface area (Å²) in [6, 6.07) is 9.96. The summed E-state index contributed by atoms with van der Waals surface area (Å²) in [6.07, 6.45) is 0.606. The lowest BCUT2D eigenvalue weighted by Gasteiger charge is -2.31. The minimum atomic E-state index is -3.68. The minimum absolute atomic E-state index is 0.0229. The van der Waals surface area contributed by atoms with Gasteiger partial charge in [0.1, 0.15) is 0 Å². The lowest BCUT2D eigenvalue weighted by Crippen LogP contribution is -2.39. The van der Waals surface area contributed by atoms with Gasteiger partial charge in [-0.2, -0.15) is 8.42 Å². The molecule has 0 fully saturated rings. The summed E-state index contributed by atoms with van der Waals surface area (Å²) >= 11 is 0. The molecule has 0 N–H and O–H groups in total. The predicted octanol–water partition coefficient (Wildman–Crippen LogP) is 4.50. The molecule has 0 spiro atoms. The Bertz CT molecular complexity index is 556. The van der Waals surface area contributed by atoms with Gasteiger partial charge >= 0.3 is 0 Å². The Labute approximate surface area is 142 Å². The van der Waals surface area contributed by atoms with Crippen LogP contribution in [0, 0.1) is 6.92 Å². The molecule has 4 nitrogen and oxygen atoms in total. The highest BCUT2D eigenvalue weighted by molar-refractivity contribution is 7.86. The minimum Gasteiger partial charge on any atom is -0.414 e. The van der Waals surface area contributed by atoms with E-state index in [1.165, 1.54) is 0 Å². The average molecular weight is 359 g/mol. The normalized spacial score (nSPS) is 14.0. The molecule has 0 aliphatic heterocycles. The maximum absolute atomic E-state index is 12.1. The summed E-state index contributed by atoms with van der Waals surface area (Å²) in [5.41, 5.74) is 1.02. The van der Waals surface area contributed by atoms with E-state index in [0.29, 0.717) is 6.42 Å².